The van der Waals surface area contributed by atoms with Crippen molar-refractivity contribution in [1.29, 1.82) is 0 Å². The molecular formula is C4H9ClFN. The van der Waals surface area contributed by atoms with E-state index < -0.39 is 6.17 Å². The quantitative estimate of drug-likeness (QED) is 0.558. The molecule has 0 aromatic carbocycles. The first kappa shape index (κ1) is 7.18. The lowest BCUT2D eigenvalue weighted by Crippen LogP contribution is -2.09. The van der Waals surface area contributed by atoms with Crippen LogP contribution in [0.4, 0.5) is 4.39 Å². The Kier molecular flexibility index (Phi) is 4.45. The molecule has 0 aliphatic heterocycles. The highest BCUT2D eigenvalue weighted by Gasteiger charge is 1.99. The molecule has 0 saturated heterocycles. The van der Waals surface area contributed by atoms with Crippen LogP contribution < -0.4 is 5.73 Å². The molecule has 0 rings (SSSR count). The molecule has 0 spiro atoms. The highest BCUT2D eigenvalue weighted by Crippen LogP contribution is 1.96. The van der Waals surface area contributed by atoms with Crippen molar-refractivity contribution in [2.75, 3.05) is 12.4 Å². The zero-order chi connectivity index (χ0) is 5.70. The summed E-state index contributed by atoms with van der Waals surface area (Å²) in [6.45, 7) is 0.383. The van der Waals surface area contributed by atoms with E-state index in [-0.39, 0.29) is 5.88 Å². The molecule has 0 aliphatic rings. The normalized spacial score (nSPS) is 14.1. The molecule has 44 valence electrons. The topological polar surface area (TPSA) is 26.0 Å². The molecule has 0 aromatic heterocycles. The molecule has 3 heteroatoms. The lowest BCUT2D eigenvalue weighted by Gasteiger charge is -1.96. The number of halogens is 2. The lowest BCUT2D eigenvalue weighted by atomic mass is 10.3. The van der Waals surface area contributed by atoms with Gasteiger partial charge in [0, 0.05) is 0 Å². The van der Waals surface area contributed by atoms with Gasteiger partial charge in [-0.05, 0) is 13.0 Å². The van der Waals surface area contributed by atoms with E-state index >= 15 is 0 Å². The van der Waals surface area contributed by atoms with Crippen LogP contribution in [-0.2, 0) is 0 Å². The predicted octanol–water partition coefficient (Wildman–Crippen LogP) is 0.912. The van der Waals surface area contributed by atoms with Crippen LogP contribution in [0.1, 0.15) is 6.42 Å². The number of hydrogen-bond donors (Lipinski definition) is 1. The van der Waals surface area contributed by atoms with Gasteiger partial charge in [0.15, 0.2) is 0 Å². The van der Waals surface area contributed by atoms with E-state index in [0.717, 1.165) is 0 Å². The summed E-state index contributed by atoms with van der Waals surface area (Å²) in [6, 6.07) is 0. The van der Waals surface area contributed by atoms with Gasteiger partial charge in [-0.15, -0.1) is 11.6 Å². The Bertz CT molecular complexity index is 42.7. The molecule has 0 aromatic rings. The minimum Gasteiger partial charge on any atom is -0.330 e. The van der Waals surface area contributed by atoms with Crippen LogP contribution in [-0.4, -0.2) is 18.6 Å². The zero-order valence-corrected chi connectivity index (χ0v) is 4.79. The molecular weight excluding hydrogens is 117 g/mol. The van der Waals surface area contributed by atoms with E-state index in [1.54, 1.807) is 0 Å². The van der Waals surface area contributed by atoms with Gasteiger partial charge in [-0.25, -0.2) is 4.39 Å². The third-order valence-corrected chi connectivity index (χ3v) is 0.982. The molecule has 0 amide bonds. The maximum atomic E-state index is 11.9. The van der Waals surface area contributed by atoms with Crippen molar-refractivity contribution >= 4 is 11.6 Å². The smallest absolute Gasteiger partial charge is 0.115 e. The van der Waals surface area contributed by atoms with E-state index in [4.69, 9.17) is 17.3 Å². The molecule has 1 unspecified atom stereocenters. The van der Waals surface area contributed by atoms with E-state index in [1.807, 2.05) is 0 Å². The molecule has 0 radical (unpaired) electrons. The zero-order valence-electron chi connectivity index (χ0n) is 4.03. The summed E-state index contributed by atoms with van der Waals surface area (Å²) in [5.74, 6) is 0.0667. The monoisotopic (exact) mass is 125 g/mol. The first-order chi connectivity index (χ1) is 3.31. The fourth-order valence-electron chi connectivity index (χ4n) is 0.258. The van der Waals surface area contributed by atoms with Crippen molar-refractivity contribution in [3.63, 3.8) is 0 Å². The van der Waals surface area contributed by atoms with Gasteiger partial charge in [-0.2, -0.15) is 0 Å². The highest BCUT2D eigenvalue weighted by atomic mass is 35.5. The van der Waals surface area contributed by atoms with E-state index in [1.165, 1.54) is 0 Å². The van der Waals surface area contributed by atoms with Crippen molar-refractivity contribution in [2.24, 2.45) is 5.73 Å². The minimum atomic E-state index is -0.910. The first-order valence-electron chi connectivity index (χ1n) is 2.21. The van der Waals surface area contributed by atoms with Gasteiger partial charge in [0.05, 0.1) is 5.88 Å². The predicted molar refractivity (Wildman–Crippen MR) is 29.3 cm³/mol. The van der Waals surface area contributed by atoms with Crippen molar-refractivity contribution in [3.05, 3.63) is 0 Å². The van der Waals surface area contributed by atoms with Gasteiger partial charge in [0.1, 0.15) is 6.17 Å². The Hall–Kier alpha value is 0.180. The van der Waals surface area contributed by atoms with Gasteiger partial charge in [-0.1, -0.05) is 0 Å². The Morgan fingerprint density at radius 3 is 2.43 bits per heavy atom. The number of hydrogen-bond acceptors (Lipinski definition) is 1. The number of rotatable bonds is 3. The van der Waals surface area contributed by atoms with Gasteiger partial charge in [-0.3, -0.25) is 0 Å². The molecule has 7 heavy (non-hydrogen) atoms. The van der Waals surface area contributed by atoms with Gasteiger partial charge >= 0.3 is 0 Å². The largest absolute Gasteiger partial charge is 0.330 e. The van der Waals surface area contributed by atoms with Gasteiger partial charge in [0.2, 0.25) is 0 Å². The van der Waals surface area contributed by atoms with E-state index in [2.05, 4.69) is 0 Å². The van der Waals surface area contributed by atoms with Crippen molar-refractivity contribution < 1.29 is 4.39 Å². The Labute approximate surface area is 47.6 Å². The summed E-state index contributed by atoms with van der Waals surface area (Å²) < 4.78 is 11.9. The highest BCUT2D eigenvalue weighted by molar-refractivity contribution is 6.18. The van der Waals surface area contributed by atoms with Crippen LogP contribution in [0.25, 0.3) is 0 Å². The molecule has 0 bridgehead atoms. The van der Waals surface area contributed by atoms with E-state index in [9.17, 15) is 4.39 Å². The molecule has 1 atom stereocenters. The second-order valence-electron chi connectivity index (χ2n) is 1.33. The molecule has 0 aliphatic carbocycles. The van der Waals surface area contributed by atoms with Gasteiger partial charge < -0.3 is 5.73 Å². The summed E-state index contributed by atoms with van der Waals surface area (Å²) in [6.07, 6.45) is -0.532. The number of nitrogens with two attached hydrogens (primary N) is 1. The van der Waals surface area contributed by atoms with Crippen molar-refractivity contribution in [3.8, 4) is 0 Å². The maximum absolute atomic E-state index is 11.9. The maximum Gasteiger partial charge on any atom is 0.115 e. The second-order valence-corrected chi connectivity index (χ2v) is 1.64. The second kappa shape index (κ2) is 4.34. The molecule has 0 fully saturated rings. The fraction of sp³-hybridized carbons (Fsp3) is 1.00. The summed E-state index contributed by atoms with van der Waals surface area (Å²) in [5, 5.41) is 0. The van der Waals surface area contributed by atoms with Crippen LogP contribution in [0.2, 0.25) is 0 Å². The molecule has 2 N–H and O–H groups in total. The summed E-state index contributed by atoms with van der Waals surface area (Å²) >= 11 is 5.10. The average Bonchev–Trinajstić information content (AvgIpc) is 1.68. The molecule has 0 saturated carbocycles. The van der Waals surface area contributed by atoms with E-state index in [0.29, 0.717) is 13.0 Å². The Morgan fingerprint density at radius 2 is 2.29 bits per heavy atom. The molecule has 1 nitrogen and oxygen atoms in total. The summed E-state index contributed by atoms with van der Waals surface area (Å²) in [7, 11) is 0. The third-order valence-electron chi connectivity index (χ3n) is 0.647. The van der Waals surface area contributed by atoms with Crippen LogP contribution in [0, 0.1) is 0 Å². The molecule has 0 heterocycles. The van der Waals surface area contributed by atoms with Crippen LogP contribution in [0.3, 0.4) is 0 Å². The summed E-state index contributed by atoms with van der Waals surface area (Å²) in [4.78, 5) is 0. The van der Waals surface area contributed by atoms with Crippen LogP contribution in [0.15, 0.2) is 0 Å². The third kappa shape index (κ3) is 4.02. The minimum absolute atomic E-state index is 0.0667. The van der Waals surface area contributed by atoms with Crippen LogP contribution in [0.5, 0.6) is 0 Å². The first-order valence-corrected chi connectivity index (χ1v) is 2.74. The Balaban J connectivity index is 2.83. The lowest BCUT2D eigenvalue weighted by molar-refractivity contribution is 0.349. The van der Waals surface area contributed by atoms with Crippen molar-refractivity contribution in [1.82, 2.24) is 0 Å². The standard InChI is InChI=1S/C4H9ClFN/c5-3-4(6)1-2-7/h4H,1-3,7H2. The number of alkyl halides is 2. The SMILES string of the molecule is NCCC(F)CCl. The fourth-order valence-corrected chi connectivity index (χ4v) is 0.412. The van der Waals surface area contributed by atoms with Gasteiger partial charge in [0.25, 0.3) is 0 Å². The Morgan fingerprint density at radius 1 is 1.71 bits per heavy atom. The van der Waals surface area contributed by atoms with Crippen molar-refractivity contribution in [2.45, 2.75) is 12.6 Å². The summed E-state index contributed by atoms with van der Waals surface area (Å²) in [5.41, 5.74) is 5.01. The van der Waals surface area contributed by atoms with Crippen LogP contribution >= 0.6 is 11.6 Å². The average molecular weight is 126 g/mol.